The first kappa shape index (κ1) is 14.5. The first-order valence-electron chi connectivity index (χ1n) is 6.58. The molecule has 0 bridgehead atoms. The van der Waals surface area contributed by atoms with Gasteiger partial charge in [-0.3, -0.25) is 9.59 Å². The summed E-state index contributed by atoms with van der Waals surface area (Å²) in [6.45, 7) is 2.20. The van der Waals surface area contributed by atoms with Crippen LogP contribution < -0.4 is 16.8 Å². The summed E-state index contributed by atoms with van der Waals surface area (Å²) in [5.41, 5.74) is 12.5. The zero-order valence-corrected chi connectivity index (χ0v) is 11.4. The minimum atomic E-state index is -0.481. The highest BCUT2D eigenvalue weighted by Gasteiger charge is 2.29. The molecule has 1 aromatic carbocycles. The van der Waals surface area contributed by atoms with Crippen molar-refractivity contribution in [2.45, 2.75) is 32.0 Å². The Labute approximate surface area is 117 Å². The molecular weight excluding hydrogens is 258 g/mol. The van der Waals surface area contributed by atoms with Crippen LogP contribution >= 0.6 is 0 Å². The fraction of sp³-hybridized carbons (Fsp3) is 0.429. The Kier molecular flexibility index (Phi) is 4.36. The van der Waals surface area contributed by atoms with Crippen molar-refractivity contribution in [3.05, 3.63) is 29.3 Å². The van der Waals surface area contributed by atoms with E-state index in [4.69, 9.17) is 16.2 Å². The lowest BCUT2D eigenvalue weighted by Gasteiger charge is -2.13. The zero-order valence-electron chi connectivity index (χ0n) is 11.4. The van der Waals surface area contributed by atoms with E-state index in [2.05, 4.69) is 5.32 Å². The van der Waals surface area contributed by atoms with E-state index in [9.17, 15) is 9.59 Å². The van der Waals surface area contributed by atoms with Crippen molar-refractivity contribution >= 4 is 17.5 Å². The third-order valence-electron chi connectivity index (χ3n) is 3.42. The van der Waals surface area contributed by atoms with Crippen LogP contribution in [0.4, 0.5) is 5.69 Å². The summed E-state index contributed by atoms with van der Waals surface area (Å²) in [5.74, 6) is -0.669. The molecule has 6 heteroatoms. The molecule has 1 heterocycles. The molecule has 6 nitrogen and oxygen atoms in total. The van der Waals surface area contributed by atoms with E-state index in [1.807, 2.05) is 0 Å². The number of carbonyl (C=O) groups is 2. The van der Waals surface area contributed by atoms with Gasteiger partial charge in [0.1, 0.15) is 6.10 Å². The first-order valence-corrected chi connectivity index (χ1v) is 6.58. The SMILES string of the molecule is Cc1cc(NC(=O)[C@@H]2CC[C@H](CN)O2)ccc1C(N)=O. The Balaban J connectivity index is 2.02. The zero-order chi connectivity index (χ0) is 14.7. The number of nitrogens with one attached hydrogen (secondary N) is 1. The molecule has 1 fully saturated rings. The van der Waals surface area contributed by atoms with Gasteiger partial charge in [-0.25, -0.2) is 0 Å². The Hall–Kier alpha value is -1.92. The van der Waals surface area contributed by atoms with Gasteiger partial charge in [-0.1, -0.05) is 0 Å². The van der Waals surface area contributed by atoms with E-state index in [-0.39, 0.29) is 12.0 Å². The number of primary amides is 1. The van der Waals surface area contributed by atoms with Gasteiger partial charge in [-0.05, 0) is 43.5 Å². The summed E-state index contributed by atoms with van der Waals surface area (Å²) >= 11 is 0. The van der Waals surface area contributed by atoms with Gasteiger partial charge in [0, 0.05) is 17.8 Å². The number of aryl methyl sites for hydroxylation is 1. The maximum absolute atomic E-state index is 12.0. The predicted octanol–water partition coefficient (Wildman–Crippen LogP) is 0.539. The average Bonchev–Trinajstić information content (AvgIpc) is 2.87. The van der Waals surface area contributed by atoms with Crippen LogP contribution in [0.2, 0.25) is 0 Å². The fourth-order valence-corrected chi connectivity index (χ4v) is 2.31. The van der Waals surface area contributed by atoms with Crippen LogP contribution in [0.3, 0.4) is 0 Å². The molecule has 2 atom stereocenters. The normalized spacial score (nSPS) is 21.7. The molecule has 1 aliphatic heterocycles. The molecule has 2 amide bonds. The second-order valence-corrected chi connectivity index (χ2v) is 4.94. The largest absolute Gasteiger partial charge is 0.366 e. The average molecular weight is 277 g/mol. The molecule has 0 unspecified atom stereocenters. The summed E-state index contributed by atoms with van der Waals surface area (Å²) in [7, 11) is 0. The summed E-state index contributed by atoms with van der Waals surface area (Å²) < 4.78 is 5.53. The van der Waals surface area contributed by atoms with Crippen LogP contribution in [-0.2, 0) is 9.53 Å². The molecule has 0 aromatic heterocycles. The van der Waals surface area contributed by atoms with Gasteiger partial charge in [-0.2, -0.15) is 0 Å². The maximum atomic E-state index is 12.0. The monoisotopic (exact) mass is 277 g/mol. The number of ether oxygens (including phenoxy) is 1. The number of benzene rings is 1. The molecule has 20 heavy (non-hydrogen) atoms. The Morgan fingerprint density at radius 3 is 2.70 bits per heavy atom. The smallest absolute Gasteiger partial charge is 0.253 e. The molecule has 1 aliphatic rings. The van der Waals surface area contributed by atoms with Crippen molar-refractivity contribution in [2.75, 3.05) is 11.9 Å². The predicted molar refractivity (Wildman–Crippen MR) is 75.3 cm³/mol. The molecule has 1 aromatic rings. The van der Waals surface area contributed by atoms with E-state index >= 15 is 0 Å². The van der Waals surface area contributed by atoms with Crippen LogP contribution in [0.15, 0.2) is 18.2 Å². The van der Waals surface area contributed by atoms with Crippen LogP contribution in [-0.4, -0.2) is 30.6 Å². The molecule has 1 saturated heterocycles. The van der Waals surface area contributed by atoms with Crippen molar-refractivity contribution in [3.8, 4) is 0 Å². The molecule has 0 spiro atoms. The Morgan fingerprint density at radius 1 is 1.40 bits per heavy atom. The highest BCUT2D eigenvalue weighted by molar-refractivity contribution is 5.97. The summed E-state index contributed by atoms with van der Waals surface area (Å²) in [4.78, 5) is 23.2. The fourth-order valence-electron chi connectivity index (χ4n) is 2.31. The van der Waals surface area contributed by atoms with Gasteiger partial charge < -0.3 is 21.5 Å². The van der Waals surface area contributed by atoms with E-state index in [1.54, 1.807) is 25.1 Å². The number of nitrogens with two attached hydrogens (primary N) is 2. The van der Waals surface area contributed by atoms with Crippen LogP contribution in [0.1, 0.15) is 28.8 Å². The number of anilines is 1. The van der Waals surface area contributed by atoms with Crippen LogP contribution in [0.25, 0.3) is 0 Å². The van der Waals surface area contributed by atoms with E-state index < -0.39 is 12.0 Å². The number of carbonyl (C=O) groups excluding carboxylic acids is 2. The third-order valence-corrected chi connectivity index (χ3v) is 3.42. The molecule has 0 saturated carbocycles. The van der Waals surface area contributed by atoms with E-state index in [0.29, 0.717) is 24.2 Å². The number of amides is 2. The minimum absolute atomic E-state index is 0.0373. The summed E-state index contributed by atoms with van der Waals surface area (Å²) in [5, 5.41) is 2.78. The molecule has 2 rings (SSSR count). The van der Waals surface area contributed by atoms with Crippen molar-refractivity contribution in [2.24, 2.45) is 11.5 Å². The summed E-state index contributed by atoms with van der Waals surface area (Å²) in [6, 6.07) is 4.97. The van der Waals surface area contributed by atoms with Gasteiger partial charge in [0.25, 0.3) is 5.91 Å². The van der Waals surface area contributed by atoms with Gasteiger partial charge in [0.15, 0.2) is 0 Å². The van der Waals surface area contributed by atoms with Gasteiger partial charge >= 0.3 is 0 Å². The molecule has 0 radical (unpaired) electrons. The number of hydrogen-bond donors (Lipinski definition) is 3. The van der Waals surface area contributed by atoms with Crippen molar-refractivity contribution in [3.63, 3.8) is 0 Å². The lowest BCUT2D eigenvalue weighted by atomic mass is 10.1. The first-order chi connectivity index (χ1) is 9.51. The van der Waals surface area contributed by atoms with Crippen molar-refractivity contribution < 1.29 is 14.3 Å². The van der Waals surface area contributed by atoms with Gasteiger partial charge in [0.05, 0.1) is 6.10 Å². The number of rotatable bonds is 4. The van der Waals surface area contributed by atoms with Crippen LogP contribution in [0, 0.1) is 6.92 Å². The lowest BCUT2D eigenvalue weighted by molar-refractivity contribution is -0.126. The van der Waals surface area contributed by atoms with E-state index in [1.165, 1.54) is 0 Å². The third kappa shape index (κ3) is 3.15. The second-order valence-electron chi connectivity index (χ2n) is 4.94. The highest BCUT2D eigenvalue weighted by atomic mass is 16.5. The van der Waals surface area contributed by atoms with Gasteiger partial charge in [0.2, 0.25) is 5.91 Å². The summed E-state index contributed by atoms with van der Waals surface area (Å²) in [6.07, 6.45) is 0.977. The van der Waals surface area contributed by atoms with E-state index in [0.717, 1.165) is 12.0 Å². The Morgan fingerprint density at radius 2 is 2.15 bits per heavy atom. The standard InChI is InChI=1S/C14H19N3O3/c1-8-6-9(2-4-11(8)13(16)18)17-14(19)12-5-3-10(7-15)20-12/h2,4,6,10,12H,3,5,7,15H2,1H3,(H2,16,18)(H,17,19)/t10-,12+/m1/s1. The quantitative estimate of drug-likeness (QED) is 0.746. The molecule has 108 valence electrons. The second kappa shape index (κ2) is 6.02. The van der Waals surface area contributed by atoms with Gasteiger partial charge in [-0.15, -0.1) is 0 Å². The molecular formula is C14H19N3O3. The minimum Gasteiger partial charge on any atom is -0.366 e. The number of hydrogen-bond acceptors (Lipinski definition) is 4. The van der Waals surface area contributed by atoms with Crippen molar-refractivity contribution in [1.29, 1.82) is 0 Å². The maximum Gasteiger partial charge on any atom is 0.253 e. The molecule has 0 aliphatic carbocycles. The lowest BCUT2D eigenvalue weighted by Crippen LogP contribution is -2.29. The topological polar surface area (TPSA) is 107 Å². The Bertz CT molecular complexity index is 530. The van der Waals surface area contributed by atoms with Crippen LogP contribution in [0.5, 0.6) is 0 Å². The molecule has 5 N–H and O–H groups in total. The highest BCUT2D eigenvalue weighted by Crippen LogP contribution is 2.21. The van der Waals surface area contributed by atoms with Crippen molar-refractivity contribution in [1.82, 2.24) is 0 Å².